The highest BCUT2D eigenvalue weighted by atomic mass is 35.5. The van der Waals surface area contributed by atoms with E-state index in [2.05, 4.69) is 4.98 Å². The molecule has 3 N–H and O–H groups in total. The summed E-state index contributed by atoms with van der Waals surface area (Å²) in [4.78, 5) is 16.7. The van der Waals surface area contributed by atoms with Gasteiger partial charge in [0.1, 0.15) is 11.8 Å². The maximum absolute atomic E-state index is 13.7. The number of pyridine rings is 1. The first-order valence-electron chi connectivity index (χ1n) is 10.0. The number of hydroxylamine groups is 1. The van der Waals surface area contributed by atoms with E-state index in [1.807, 2.05) is 0 Å². The molecule has 0 radical (unpaired) electrons. The molecule has 0 saturated heterocycles. The summed E-state index contributed by atoms with van der Waals surface area (Å²) in [7, 11) is -2.63. The Labute approximate surface area is 193 Å². The Bertz CT molecular complexity index is 967. The van der Waals surface area contributed by atoms with Crippen molar-refractivity contribution in [2.45, 2.75) is 49.3 Å². The van der Waals surface area contributed by atoms with Crippen LogP contribution in [-0.2, 0) is 21.4 Å². The van der Waals surface area contributed by atoms with Gasteiger partial charge in [0, 0.05) is 18.9 Å². The quantitative estimate of drug-likeness (QED) is 0.385. The minimum absolute atomic E-state index is 0. The van der Waals surface area contributed by atoms with Gasteiger partial charge in [-0.05, 0) is 73.6 Å². The molecule has 9 nitrogen and oxygen atoms in total. The molecule has 1 atom stereocenters. The molecule has 1 amide bonds. The fourth-order valence-corrected chi connectivity index (χ4v) is 5.58. The molecule has 0 aliphatic heterocycles. The summed E-state index contributed by atoms with van der Waals surface area (Å²) in [6.45, 7) is -0.0754. The number of halogens is 1. The zero-order valence-electron chi connectivity index (χ0n) is 17.6. The monoisotopic (exact) mass is 485 g/mol. The molecule has 1 aromatic carbocycles. The van der Waals surface area contributed by atoms with Crippen LogP contribution >= 0.6 is 12.4 Å². The fraction of sp³-hybridized carbons (Fsp3) is 0.429. The van der Waals surface area contributed by atoms with E-state index in [4.69, 9.17) is 4.74 Å². The highest BCUT2D eigenvalue weighted by molar-refractivity contribution is 7.89. The van der Waals surface area contributed by atoms with Crippen LogP contribution in [0.1, 0.15) is 31.2 Å². The molecule has 0 bridgehead atoms. The Hall–Kier alpha value is -2.24. The molecular formula is C21H28ClN3O6S. The molecule has 1 aliphatic carbocycles. The third kappa shape index (κ3) is 5.96. The molecule has 176 valence electrons. The van der Waals surface area contributed by atoms with Gasteiger partial charge in [0.25, 0.3) is 5.91 Å². The van der Waals surface area contributed by atoms with Crippen LogP contribution in [-0.4, -0.2) is 53.2 Å². The van der Waals surface area contributed by atoms with E-state index in [-0.39, 0.29) is 29.8 Å². The molecule has 1 saturated carbocycles. The summed E-state index contributed by atoms with van der Waals surface area (Å²) in [6.07, 6.45) is 4.48. The number of aliphatic hydroxyl groups excluding tert-OH is 1. The van der Waals surface area contributed by atoms with E-state index in [1.54, 1.807) is 30.0 Å². The number of methoxy groups -OCH3 is 1. The number of ether oxygens (including phenoxy) is 1. The van der Waals surface area contributed by atoms with Crippen LogP contribution in [0.4, 0.5) is 0 Å². The average molecular weight is 486 g/mol. The first-order valence-corrected chi connectivity index (χ1v) is 11.5. The van der Waals surface area contributed by atoms with E-state index in [1.165, 1.54) is 31.4 Å². The van der Waals surface area contributed by atoms with E-state index >= 15 is 0 Å². The highest BCUT2D eigenvalue weighted by Crippen LogP contribution is 2.33. The molecule has 1 fully saturated rings. The predicted molar refractivity (Wildman–Crippen MR) is 119 cm³/mol. The Morgan fingerprint density at radius 2 is 1.75 bits per heavy atom. The van der Waals surface area contributed by atoms with E-state index < -0.39 is 28.1 Å². The van der Waals surface area contributed by atoms with Crippen LogP contribution in [0.5, 0.6) is 5.75 Å². The van der Waals surface area contributed by atoms with E-state index in [0.717, 1.165) is 4.31 Å². The molecule has 1 heterocycles. The molecular weight excluding hydrogens is 458 g/mol. The lowest BCUT2D eigenvalue weighted by atomic mass is 9.82. The normalized spacial score (nSPS) is 19.6. The van der Waals surface area contributed by atoms with Crippen LogP contribution < -0.4 is 10.2 Å². The van der Waals surface area contributed by atoms with E-state index in [0.29, 0.717) is 37.0 Å². The Morgan fingerprint density at radius 1 is 1.16 bits per heavy atom. The maximum atomic E-state index is 13.7. The maximum Gasteiger partial charge on any atom is 0.262 e. The number of amides is 1. The van der Waals surface area contributed by atoms with Gasteiger partial charge in [0.2, 0.25) is 10.0 Å². The smallest absolute Gasteiger partial charge is 0.262 e. The first kappa shape index (κ1) is 26.0. The second kappa shape index (κ2) is 11.6. The van der Waals surface area contributed by atoms with Gasteiger partial charge in [-0.25, -0.2) is 13.9 Å². The minimum atomic E-state index is -4.12. The predicted octanol–water partition coefficient (Wildman–Crippen LogP) is 2.13. The van der Waals surface area contributed by atoms with Gasteiger partial charge in [-0.3, -0.25) is 15.0 Å². The lowest BCUT2D eigenvalue weighted by Crippen LogP contribution is -2.53. The van der Waals surface area contributed by atoms with Crippen molar-refractivity contribution in [2.24, 2.45) is 5.92 Å². The van der Waals surface area contributed by atoms with Gasteiger partial charge in [0.15, 0.2) is 0 Å². The fourth-order valence-electron chi connectivity index (χ4n) is 3.95. The average Bonchev–Trinajstić information content (AvgIpc) is 2.80. The Kier molecular flexibility index (Phi) is 9.41. The summed E-state index contributed by atoms with van der Waals surface area (Å²) in [5.74, 6) is -0.650. The third-order valence-corrected chi connectivity index (χ3v) is 7.47. The van der Waals surface area contributed by atoms with Crippen molar-refractivity contribution in [3.05, 3.63) is 54.4 Å². The number of rotatable bonds is 8. The third-order valence-electron chi connectivity index (χ3n) is 5.63. The molecule has 0 spiro atoms. The van der Waals surface area contributed by atoms with Crippen molar-refractivity contribution in [1.29, 1.82) is 0 Å². The van der Waals surface area contributed by atoms with E-state index in [9.17, 15) is 23.5 Å². The lowest BCUT2D eigenvalue weighted by Gasteiger charge is -2.37. The van der Waals surface area contributed by atoms with Crippen molar-refractivity contribution in [1.82, 2.24) is 14.8 Å². The zero-order chi connectivity index (χ0) is 22.4. The minimum Gasteiger partial charge on any atom is -0.497 e. The number of benzene rings is 1. The first-order chi connectivity index (χ1) is 14.9. The van der Waals surface area contributed by atoms with Gasteiger partial charge >= 0.3 is 0 Å². The number of hydrogen-bond acceptors (Lipinski definition) is 7. The summed E-state index contributed by atoms with van der Waals surface area (Å²) in [6, 6.07) is 8.13. The summed E-state index contributed by atoms with van der Waals surface area (Å²) < 4.78 is 33.6. The Morgan fingerprint density at radius 3 is 2.28 bits per heavy atom. The largest absolute Gasteiger partial charge is 0.497 e. The molecule has 0 unspecified atom stereocenters. The lowest BCUT2D eigenvalue weighted by molar-refractivity contribution is -0.136. The summed E-state index contributed by atoms with van der Waals surface area (Å²) in [5.41, 5.74) is 2.29. The van der Waals surface area contributed by atoms with Crippen LogP contribution in [0.3, 0.4) is 0 Å². The molecule has 11 heteroatoms. The number of nitrogens with one attached hydrogen (secondary N) is 1. The molecule has 1 aromatic heterocycles. The topological polar surface area (TPSA) is 129 Å². The van der Waals surface area contributed by atoms with Gasteiger partial charge in [-0.2, -0.15) is 4.31 Å². The standard InChI is InChI=1S/C21H27N3O6S.ClH/c1-30-18-6-8-19(9-7-18)31(28,29)24(14-15-10-12-22-13-11-15)20(21(26)23-27)16-2-4-17(25)5-3-16;/h6-13,16-17,20,25,27H,2-5,14H2,1H3,(H,23,26);1H/t16-,17+,20-;/m1./s1. The van der Waals surface area contributed by atoms with Crippen molar-refractivity contribution < 1.29 is 28.3 Å². The summed E-state index contributed by atoms with van der Waals surface area (Å²) in [5, 5.41) is 19.3. The zero-order valence-corrected chi connectivity index (χ0v) is 19.3. The molecule has 1 aliphatic rings. The number of aromatic nitrogens is 1. The van der Waals surface area contributed by atoms with Crippen LogP contribution in [0.2, 0.25) is 0 Å². The van der Waals surface area contributed by atoms with Crippen molar-refractivity contribution in [2.75, 3.05) is 7.11 Å². The van der Waals surface area contributed by atoms with Crippen molar-refractivity contribution >= 4 is 28.3 Å². The van der Waals surface area contributed by atoms with Gasteiger partial charge in [-0.1, -0.05) is 0 Å². The number of aliphatic hydroxyl groups is 1. The van der Waals surface area contributed by atoms with Crippen LogP contribution in [0, 0.1) is 5.92 Å². The number of sulfonamides is 1. The Balaban J connectivity index is 0.00000363. The number of carbonyl (C=O) groups excluding carboxylic acids is 1. The van der Waals surface area contributed by atoms with Crippen LogP contribution in [0.15, 0.2) is 53.7 Å². The molecule has 32 heavy (non-hydrogen) atoms. The second-order valence-corrected chi connectivity index (χ2v) is 9.46. The number of carbonyl (C=O) groups is 1. The molecule has 2 aromatic rings. The van der Waals surface area contributed by atoms with Crippen molar-refractivity contribution in [3.63, 3.8) is 0 Å². The number of hydrogen-bond donors (Lipinski definition) is 3. The summed E-state index contributed by atoms with van der Waals surface area (Å²) >= 11 is 0. The molecule has 3 rings (SSSR count). The van der Waals surface area contributed by atoms with Gasteiger partial charge < -0.3 is 9.84 Å². The number of nitrogens with zero attached hydrogens (tertiary/aromatic N) is 2. The second-order valence-electron chi connectivity index (χ2n) is 7.57. The SMILES string of the molecule is COc1ccc(S(=O)(=O)N(Cc2ccncc2)[C@@H](C(=O)NO)[C@H]2CC[C@@H](O)CC2)cc1.Cl. The van der Waals surface area contributed by atoms with Gasteiger partial charge in [-0.15, -0.1) is 12.4 Å². The van der Waals surface area contributed by atoms with Gasteiger partial charge in [0.05, 0.1) is 18.1 Å². The van der Waals surface area contributed by atoms with Crippen molar-refractivity contribution in [3.8, 4) is 5.75 Å². The van der Waals surface area contributed by atoms with Crippen LogP contribution in [0.25, 0.3) is 0 Å². The highest BCUT2D eigenvalue weighted by Gasteiger charge is 2.42.